The summed E-state index contributed by atoms with van der Waals surface area (Å²) in [5.41, 5.74) is 4.29. The number of nitrogens with zero attached hydrogens (tertiary/aromatic N) is 1. The smallest absolute Gasteiger partial charge is 0.216 e. The number of amides is 1. The van der Waals surface area contributed by atoms with Crippen LogP contribution in [0.3, 0.4) is 0 Å². The Labute approximate surface area is 175 Å². The molecule has 0 heterocycles. The quantitative estimate of drug-likeness (QED) is 0.578. The molecule has 1 N–H and O–H groups in total. The number of hydrogen-bond acceptors (Lipinski definition) is 4. The zero-order valence-corrected chi connectivity index (χ0v) is 16.7. The van der Waals surface area contributed by atoms with E-state index in [0.29, 0.717) is 23.4 Å². The summed E-state index contributed by atoms with van der Waals surface area (Å²) in [5.74, 6) is 0.469. The third kappa shape index (κ3) is 5.79. The van der Waals surface area contributed by atoms with Crippen molar-refractivity contribution in [3.63, 3.8) is 0 Å². The highest BCUT2D eigenvalue weighted by Crippen LogP contribution is 2.23. The summed E-state index contributed by atoms with van der Waals surface area (Å²) >= 11 is 0. The minimum Gasteiger partial charge on any atom is -0.485 e. The van der Waals surface area contributed by atoms with Crippen molar-refractivity contribution in [2.45, 2.75) is 13.3 Å². The average Bonchev–Trinajstić information content (AvgIpc) is 2.78. The van der Waals surface area contributed by atoms with Crippen molar-refractivity contribution in [2.24, 2.45) is 0 Å². The minimum atomic E-state index is -0.0976. The van der Waals surface area contributed by atoms with Gasteiger partial charge in [0.1, 0.15) is 5.75 Å². The van der Waals surface area contributed by atoms with Gasteiger partial charge in [-0.25, -0.2) is 0 Å². The van der Waals surface area contributed by atoms with Gasteiger partial charge in [0.2, 0.25) is 5.91 Å². The summed E-state index contributed by atoms with van der Waals surface area (Å²) in [4.78, 5) is 23.3. The van der Waals surface area contributed by atoms with Crippen LogP contribution in [0.2, 0.25) is 0 Å². The number of ketones is 1. The number of carbonyl (C=O) groups is 2. The third-order valence-electron chi connectivity index (χ3n) is 4.64. The summed E-state index contributed by atoms with van der Waals surface area (Å²) in [7, 11) is 0. The van der Waals surface area contributed by atoms with Gasteiger partial charge in [-0.2, -0.15) is 5.26 Å². The number of nitriles is 1. The predicted octanol–water partition coefficient (Wildman–Crippen LogP) is 4.17. The second-order valence-corrected chi connectivity index (χ2v) is 6.86. The molecule has 0 saturated heterocycles. The van der Waals surface area contributed by atoms with Crippen LogP contribution in [0.25, 0.3) is 11.1 Å². The maximum Gasteiger partial charge on any atom is 0.216 e. The van der Waals surface area contributed by atoms with Gasteiger partial charge >= 0.3 is 0 Å². The first-order valence-corrected chi connectivity index (χ1v) is 9.65. The van der Waals surface area contributed by atoms with Crippen molar-refractivity contribution in [2.75, 3.05) is 13.2 Å². The van der Waals surface area contributed by atoms with Crippen LogP contribution in [0.1, 0.15) is 28.4 Å². The Morgan fingerprint density at radius 2 is 1.50 bits per heavy atom. The average molecular weight is 398 g/mol. The lowest BCUT2D eigenvalue weighted by Gasteiger charge is -2.08. The molecule has 150 valence electrons. The van der Waals surface area contributed by atoms with Crippen molar-refractivity contribution in [1.82, 2.24) is 5.32 Å². The van der Waals surface area contributed by atoms with Gasteiger partial charge in [-0.1, -0.05) is 48.5 Å². The number of carbonyl (C=O) groups excluding carboxylic acids is 2. The molecule has 5 heteroatoms. The molecule has 0 fully saturated rings. The Balaban J connectivity index is 1.52. The van der Waals surface area contributed by atoms with Crippen LogP contribution >= 0.6 is 0 Å². The molecule has 3 rings (SSSR count). The molecule has 0 radical (unpaired) electrons. The molecule has 3 aromatic rings. The van der Waals surface area contributed by atoms with E-state index < -0.39 is 0 Å². The van der Waals surface area contributed by atoms with Crippen LogP contribution in [0.4, 0.5) is 0 Å². The fourth-order valence-electron chi connectivity index (χ4n) is 2.95. The second kappa shape index (κ2) is 10.0. The third-order valence-corrected chi connectivity index (χ3v) is 4.64. The van der Waals surface area contributed by atoms with Gasteiger partial charge in [0.05, 0.1) is 11.6 Å². The molecular formula is C25H22N2O3. The zero-order chi connectivity index (χ0) is 21.3. The number of ether oxygens (including phenoxy) is 1. The highest BCUT2D eigenvalue weighted by molar-refractivity contribution is 5.97. The number of benzene rings is 3. The van der Waals surface area contributed by atoms with Gasteiger partial charge in [-0.15, -0.1) is 0 Å². The molecule has 3 aromatic carbocycles. The monoisotopic (exact) mass is 398 g/mol. The highest BCUT2D eigenvalue weighted by atomic mass is 16.5. The highest BCUT2D eigenvalue weighted by Gasteiger charge is 2.08. The number of nitrogens with one attached hydrogen (secondary N) is 1. The second-order valence-electron chi connectivity index (χ2n) is 6.86. The zero-order valence-electron chi connectivity index (χ0n) is 16.7. The Morgan fingerprint density at radius 3 is 2.07 bits per heavy atom. The van der Waals surface area contributed by atoms with Crippen LogP contribution in [0.15, 0.2) is 72.8 Å². The Hall–Kier alpha value is -3.91. The number of rotatable bonds is 8. The first-order chi connectivity index (χ1) is 14.5. The van der Waals surface area contributed by atoms with E-state index in [4.69, 9.17) is 10.00 Å². The maximum atomic E-state index is 12.4. The van der Waals surface area contributed by atoms with Gasteiger partial charge in [0, 0.05) is 19.0 Å². The summed E-state index contributed by atoms with van der Waals surface area (Å²) < 4.78 is 5.63. The molecule has 0 aliphatic rings. The van der Waals surface area contributed by atoms with Gasteiger partial charge < -0.3 is 10.1 Å². The van der Waals surface area contributed by atoms with Crippen molar-refractivity contribution in [3.05, 3.63) is 89.5 Å². The van der Waals surface area contributed by atoms with Crippen LogP contribution in [-0.2, 0) is 11.2 Å². The van der Waals surface area contributed by atoms with Crippen molar-refractivity contribution in [1.29, 1.82) is 5.26 Å². The summed E-state index contributed by atoms with van der Waals surface area (Å²) in [6.45, 7) is 2.02. The lowest BCUT2D eigenvalue weighted by Crippen LogP contribution is -2.22. The topological polar surface area (TPSA) is 79.2 Å². The van der Waals surface area contributed by atoms with E-state index >= 15 is 0 Å². The molecule has 30 heavy (non-hydrogen) atoms. The van der Waals surface area contributed by atoms with E-state index in [-0.39, 0.29) is 18.3 Å². The number of Topliss-reactive ketones (excluding diaryl/α,β-unsaturated/α-hetero) is 1. The molecular weight excluding hydrogens is 376 g/mol. The van der Waals surface area contributed by atoms with Gasteiger partial charge in [-0.3, -0.25) is 9.59 Å². The Kier molecular flexibility index (Phi) is 6.96. The van der Waals surface area contributed by atoms with Crippen molar-refractivity contribution < 1.29 is 14.3 Å². The SMILES string of the molecule is CC(=O)NCCc1ccc(C(=O)COc2ccc(-c3ccc(C#N)cc3)cc2)cc1. The van der Waals surface area contributed by atoms with Crippen LogP contribution in [0, 0.1) is 11.3 Å². The van der Waals surface area contributed by atoms with Crippen LogP contribution in [-0.4, -0.2) is 24.8 Å². The minimum absolute atomic E-state index is 0.0402. The molecule has 0 bridgehead atoms. The van der Waals surface area contributed by atoms with E-state index in [0.717, 1.165) is 23.1 Å². The summed E-state index contributed by atoms with van der Waals surface area (Å²) in [6.07, 6.45) is 0.718. The van der Waals surface area contributed by atoms with Crippen molar-refractivity contribution in [3.8, 4) is 22.9 Å². The molecule has 0 spiro atoms. The lowest BCUT2D eigenvalue weighted by molar-refractivity contribution is -0.118. The first kappa shape index (κ1) is 20.8. The first-order valence-electron chi connectivity index (χ1n) is 9.65. The maximum absolute atomic E-state index is 12.4. The van der Waals surface area contributed by atoms with Crippen molar-refractivity contribution >= 4 is 11.7 Å². The van der Waals surface area contributed by atoms with Gasteiger partial charge in [-0.05, 0) is 47.4 Å². The fourth-order valence-corrected chi connectivity index (χ4v) is 2.95. The Morgan fingerprint density at radius 1 is 0.900 bits per heavy atom. The summed E-state index contributed by atoms with van der Waals surface area (Å²) in [5, 5.41) is 11.6. The largest absolute Gasteiger partial charge is 0.485 e. The molecule has 0 saturated carbocycles. The van der Waals surface area contributed by atoms with E-state index in [9.17, 15) is 9.59 Å². The molecule has 1 amide bonds. The van der Waals surface area contributed by atoms with E-state index in [1.54, 1.807) is 24.3 Å². The molecule has 0 atom stereocenters. The van der Waals surface area contributed by atoms with Gasteiger partial charge in [0.15, 0.2) is 12.4 Å². The van der Waals surface area contributed by atoms with Crippen LogP contribution < -0.4 is 10.1 Å². The molecule has 0 aliphatic heterocycles. The predicted molar refractivity (Wildman–Crippen MR) is 115 cm³/mol. The fraction of sp³-hybridized carbons (Fsp3) is 0.160. The molecule has 0 aromatic heterocycles. The lowest BCUT2D eigenvalue weighted by atomic mass is 10.0. The molecule has 0 aliphatic carbocycles. The van der Waals surface area contributed by atoms with E-state index in [1.165, 1.54) is 6.92 Å². The normalized spacial score (nSPS) is 10.1. The van der Waals surface area contributed by atoms with Gasteiger partial charge in [0.25, 0.3) is 0 Å². The standard InChI is InChI=1S/C25H22N2O3/c1-18(28)27-15-14-19-2-8-23(9-3-19)25(29)17-30-24-12-10-22(11-13-24)21-6-4-20(16-26)5-7-21/h2-13H,14-15,17H2,1H3,(H,27,28). The van der Waals surface area contributed by atoms with Crippen LogP contribution in [0.5, 0.6) is 5.75 Å². The molecule has 5 nitrogen and oxygen atoms in total. The molecule has 0 unspecified atom stereocenters. The summed E-state index contributed by atoms with van der Waals surface area (Å²) in [6, 6.07) is 24.3. The van der Waals surface area contributed by atoms with E-state index in [2.05, 4.69) is 11.4 Å². The Bertz CT molecular complexity index is 1050. The van der Waals surface area contributed by atoms with E-state index in [1.807, 2.05) is 48.5 Å². The number of hydrogen-bond donors (Lipinski definition) is 1.